The van der Waals surface area contributed by atoms with Crippen LogP contribution in [0.15, 0.2) is 21.5 Å². The number of halogens is 2. The first-order valence-electron chi connectivity index (χ1n) is 5.89. The minimum absolute atomic E-state index is 0.282. The van der Waals surface area contributed by atoms with Gasteiger partial charge in [-0.05, 0) is 40.0 Å². The number of alkyl halides is 1. The van der Waals surface area contributed by atoms with Crippen molar-refractivity contribution in [3.05, 3.63) is 27.7 Å². The van der Waals surface area contributed by atoms with E-state index in [4.69, 9.17) is 16.3 Å². The zero-order chi connectivity index (χ0) is 14.0. The van der Waals surface area contributed by atoms with Crippen LogP contribution in [0.25, 0.3) is 0 Å². The van der Waals surface area contributed by atoms with Crippen LogP contribution in [0.4, 0.5) is 0 Å². The van der Waals surface area contributed by atoms with Gasteiger partial charge in [0.05, 0.1) is 18.1 Å². The van der Waals surface area contributed by atoms with Gasteiger partial charge in [0.1, 0.15) is 0 Å². The van der Waals surface area contributed by atoms with E-state index in [1.165, 1.54) is 4.31 Å². The zero-order valence-electron chi connectivity index (χ0n) is 10.5. The predicted molar refractivity (Wildman–Crippen MR) is 78.0 cm³/mol. The summed E-state index contributed by atoms with van der Waals surface area (Å²) in [6.45, 7) is 3.51. The summed E-state index contributed by atoms with van der Waals surface area (Å²) < 4.78 is 32.5. The number of morpholine rings is 1. The lowest BCUT2D eigenvalue weighted by atomic mass is 10.2. The number of ether oxygens (including phenoxy) is 1. The van der Waals surface area contributed by atoms with E-state index in [1.54, 1.807) is 6.07 Å². The lowest BCUT2D eigenvalue weighted by molar-refractivity contribution is 0.0730. The molecule has 4 nitrogen and oxygen atoms in total. The van der Waals surface area contributed by atoms with Gasteiger partial charge in [-0.25, -0.2) is 8.42 Å². The first-order valence-corrected chi connectivity index (χ1v) is 8.66. The number of hydrogen-bond acceptors (Lipinski definition) is 3. The fraction of sp³-hybridized carbons (Fsp3) is 0.500. The molecular formula is C12H15BrClNO3S. The Hall–Kier alpha value is -0.140. The highest BCUT2D eigenvalue weighted by Crippen LogP contribution is 2.30. The molecule has 19 heavy (non-hydrogen) atoms. The molecule has 0 atom stereocenters. The molecule has 7 heteroatoms. The highest BCUT2D eigenvalue weighted by atomic mass is 79.9. The van der Waals surface area contributed by atoms with E-state index in [9.17, 15) is 8.42 Å². The highest BCUT2D eigenvalue weighted by molar-refractivity contribution is 9.10. The summed E-state index contributed by atoms with van der Waals surface area (Å²) in [7, 11) is -3.50. The molecule has 2 rings (SSSR count). The van der Waals surface area contributed by atoms with Gasteiger partial charge in [-0.15, -0.1) is 11.6 Å². The largest absolute Gasteiger partial charge is 0.379 e. The molecule has 1 aliphatic rings. The van der Waals surface area contributed by atoms with E-state index >= 15 is 0 Å². The van der Waals surface area contributed by atoms with Crippen LogP contribution in [0.5, 0.6) is 0 Å². The van der Waals surface area contributed by atoms with Gasteiger partial charge in [0, 0.05) is 23.4 Å². The number of aryl methyl sites for hydroxylation is 1. The highest BCUT2D eigenvalue weighted by Gasteiger charge is 2.29. The van der Waals surface area contributed by atoms with Crippen LogP contribution in [0.1, 0.15) is 11.1 Å². The van der Waals surface area contributed by atoms with E-state index < -0.39 is 10.0 Å². The second-order valence-corrected chi connectivity index (χ2v) is 7.34. The summed E-state index contributed by atoms with van der Waals surface area (Å²) in [6, 6.07) is 3.52. The molecule has 1 fully saturated rings. The van der Waals surface area contributed by atoms with Crippen LogP contribution < -0.4 is 0 Å². The van der Waals surface area contributed by atoms with Gasteiger partial charge in [0.15, 0.2) is 0 Å². The van der Waals surface area contributed by atoms with E-state index in [0.29, 0.717) is 36.7 Å². The van der Waals surface area contributed by atoms with Crippen molar-refractivity contribution >= 4 is 37.6 Å². The average Bonchev–Trinajstić information content (AvgIpc) is 2.42. The summed E-state index contributed by atoms with van der Waals surface area (Å²) in [5, 5.41) is 0. The Kier molecular flexibility index (Phi) is 4.89. The van der Waals surface area contributed by atoms with Crippen LogP contribution in [-0.2, 0) is 20.6 Å². The molecule has 1 aliphatic heterocycles. The Labute approximate surface area is 126 Å². The number of hydrogen-bond donors (Lipinski definition) is 0. The monoisotopic (exact) mass is 367 g/mol. The number of rotatable bonds is 3. The van der Waals surface area contributed by atoms with Gasteiger partial charge >= 0.3 is 0 Å². The van der Waals surface area contributed by atoms with Crippen molar-refractivity contribution in [2.75, 3.05) is 26.3 Å². The molecule has 0 saturated carbocycles. The molecule has 1 aromatic carbocycles. The van der Waals surface area contributed by atoms with Gasteiger partial charge in [-0.2, -0.15) is 4.31 Å². The van der Waals surface area contributed by atoms with Crippen LogP contribution in [0, 0.1) is 6.92 Å². The van der Waals surface area contributed by atoms with Gasteiger partial charge in [0.25, 0.3) is 0 Å². The van der Waals surface area contributed by atoms with Crippen molar-refractivity contribution in [2.24, 2.45) is 0 Å². The number of sulfonamides is 1. The van der Waals surface area contributed by atoms with Gasteiger partial charge < -0.3 is 4.74 Å². The molecule has 0 bridgehead atoms. The van der Waals surface area contributed by atoms with Crippen LogP contribution in [-0.4, -0.2) is 39.0 Å². The molecular weight excluding hydrogens is 354 g/mol. The normalized spacial score (nSPS) is 17.6. The Morgan fingerprint density at radius 1 is 1.37 bits per heavy atom. The molecule has 0 aliphatic carbocycles. The van der Waals surface area contributed by atoms with Crippen molar-refractivity contribution in [3.8, 4) is 0 Å². The van der Waals surface area contributed by atoms with Gasteiger partial charge in [0.2, 0.25) is 10.0 Å². The first-order chi connectivity index (χ1) is 8.96. The maximum atomic E-state index is 12.6. The van der Waals surface area contributed by atoms with E-state index in [0.717, 1.165) is 11.1 Å². The number of benzene rings is 1. The topological polar surface area (TPSA) is 46.6 Å². The average molecular weight is 369 g/mol. The third-order valence-corrected chi connectivity index (χ3v) is 6.57. The maximum absolute atomic E-state index is 12.6. The molecule has 0 aromatic heterocycles. The van der Waals surface area contributed by atoms with Crippen molar-refractivity contribution in [1.82, 2.24) is 4.31 Å². The third kappa shape index (κ3) is 3.13. The first kappa shape index (κ1) is 15.3. The minimum Gasteiger partial charge on any atom is -0.379 e. The predicted octanol–water partition coefficient (Wildman–Crippen LogP) is 2.52. The third-order valence-electron chi connectivity index (χ3n) is 3.02. The summed E-state index contributed by atoms with van der Waals surface area (Å²) in [5.41, 5.74) is 1.67. The van der Waals surface area contributed by atoms with E-state index in [-0.39, 0.29) is 4.90 Å². The van der Waals surface area contributed by atoms with Crippen molar-refractivity contribution in [3.63, 3.8) is 0 Å². The molecule has 1 aromatic rings. The minimum atomic E-state index is -3.50. The lowest BCUT2D eigenvalue weighted by Crippen LogP contribution is -2.40. The van der Waals surface area contributed by atoms with Crippen LogP contribution in [0.2, 0.25) is 0 Å². The van der Waals surface area contributed by atoms with Gasteiger partial charge in [-0.1, -0.05) is 6.07 Å². The second-order valence-electron chi connectivity index (χ2n) is 4.37. The summed E-state index contributed by atoms with van der Waals surface area (Å²) in [6.07, 6.45) is 0. The standard InChI is InChI=1S/C12H15BrClNO3S/c1-9-6-10(8-14)7-11(12(9)13)19(16,17)15-2-4-18-5-3-15/h6-7H,2-5,8H2,1H3. The fourth-order valence-electron chi connectivity index (χ4n) is 2.00. The summed E-state index contributed by atoms with van der Waals surface area (Å²) in [5.74, 6) is 0.291. The molecule has 0 unspecified atom stereocenters. The van der Waals surface area contributed by atoms with Crippen molar-refractivity contribution < 1.29 is 13.2 Å². The SMILES string of the molecule is Cc1cc(CCl)cc(S(=O)(=O)N2CCOCC2)c1Br. The Morgan fingerprint density at radius 2 is 2.00 bits per heavy atom. The Bertz CT molecular complexity index is 571. The molecule has 1 heterocycles. The molecule has 0 radical (unpaired) electrons. The molecule has 1 saturated heterocycles. The van der Waals surface area contributed by atoms with Crippen LogP contribution in [0.3, 0.4) is 0 Å². The van der Waals surface area contributed by atoms with Gasteiger partial charge in [-0.3, -0.25) is 0 Å². The maximum Gasteiger partial charge on any atom is 0.244 e. The molecule has 0 spiro atoms. The molecule has 0 N–H and O–H groups in total. The zero-order valence-corrected chi connectivity index (χ0v) is 13.7. The summed E-state index contributed by atoms with van der Waals surface area (Å²) in [4.78, 5) is 0.282. The van der Waals surface area contributed by atoms with Crippen LogP contribution >= 0.6 is 27.5 Å². The van der Waals surface area contributed by atoms with Crippen molar-refractivity contribution in [2.45, 2.75) is 17.7 Å². The fourth-order valence-corrected chi connectivity index (χ4v) is 4.59. The molecule has 106 valence electrons. The summed E-state index contributed by atoms with van der Waals surface area (Å²) >= 11 is 9.18. The molecule has 0 amide bonds. The van der Waals surface area contributed by atoms with Crippen molar-refractivity contribution in [1.29, 1.82) is 0 Å². The lowest BCUT2D eigenvalue weighted by Gasteiger charge is -2.27. The quantitative estimate of drug-likeness (QED) is 0.770. The Morgan fingerprint density at radius 3 is 2.58 bits per heavy atom. The van der Waals surface area contributed by atoms with E-state index in [2.05, 4.69) is 15.9 Å². The smallest absolute Gasteiger partial charge is 0.244 e. The van der Waals surface area contributed by atoms with E-state index in [1.807, 2.05) is 13.0 Å². The number of nitrogens with zero attached hydrogens (tertiary/aromatic N) is 1. The Balaban J connectivity index is 2.47. The second kappa shape index (κ2) is 6.10.